The normalized spacial score (nSPS) is 22.0. The number of amides is 1. The number of nitrogens with one attached hydrogen (secondary N) is 1. The number of halogens is 2. The molecule has 2 N–H and O–H groups in total. The van der Waals surface area contributed by atoms with Crippen molar-refractivity contribution in [2.75, 3.05) is 5.32 Å². The van der Waals surface area contributed by atoms with Gasteiger partial charge in [0.2, 0.25) is 5.92 Å². The third-order valence-electron chi connectivity index (χ3n) is 5.82. The van der Waals surface area contributed by atoms with Crippen molar-refractivity contribution in [3.8, 4) is 0 Å². The summed E-state index contributed by atoms with van der Waals surface area (Å²) in [4.78, 5) is 10.9. The number of hydrogen-bond donors (Lipinski definition) is 2. The predicted octanol–water partition coefficient (Wildman–Crippen LogP) is 5.40. The molecular formula is C19H29F2N3O2. The van der Waals surface area contributed by atoms with E-state index in [2.05, 4.69) is 17.3 Å². The van der Waals surface area contributed by atoms with Gasteiger partial charge in [-0.05, 0) is 44.4 Å². The van der Waals surface area contributed by atoms with Crippen LogP contribution in [0.2, 0.25) is 0 Å². The Kier molecular flexibility index (Phi) is 5.53. The second kappa shape index (κ2) is 7.53. The van der Waals surface area contributed by atoms with Crippen molar-refractivity contribution in [1.29, 1.82) is 0 Å². The van der Waals surface area contributed by atoms with Gasteiger partial charge in [-0.15, -0.1) is 0 Å². The number of aromatic nitrogens is 2. The molecule has 0 unspecified atom stereocenters. The van der Waals surface area contributed by atoms with Gasteiger partial charge in [0.15, 0.2) is 0 Å². The van der Waals surface area contributed by atoms with E-state index >= 15 is 0 Å². The first-order valence-corrected chi connectivity index (χ1v) is 9.74. The van der Waals surface area contributed by atoms with Gasteiger partial charge in [-0.3, -0.25) is 5.32 Å². The van der Waals surface area contributed by atoms with Crippen molar-refractivity contribution in [1.82, 2.24) is 9.78 Å². The zero-order valence-corrected chi connectivity index (χ0v) is 15.6. The monoisotopic (exact) mass is 369 g/mol. The van der Waals surface area contributed by atoms with Crippen molar-refractivity contribution in [2.24, 2.45) is 11.8 Å². The van der Waals surface area contributed by atoms with Crippen LogP contribution in [0.15, 0.2) is 0 Å². The molecule has 3 aliphatic rings. The quantitative estimate of drug-likeness (QED) is 0.730. The average Bonchev–Trinajstić information content (AvgIpc) is 3.27. The van der Waals surface area contributed by atoms with E-state index in [1.165, 1.54) is 19.3 Å². The largest absolute Gasteiger partial charge is 0.465 e. The molecule has 0 aromatic carbocycles. The van der Waals surface area contributed by atoms with Gasteiger partial charge < -0.3 is 5.11 Å². The number of hydrogen-bond acceptors (Lipinski definition) is 2. The van der Waals surface area contributed by atoms with Crippen molar-refractivity contribution in [3.05, 3.63) is 11.3 Å². The molecular weight excluding hydrogens is 340 g/mol. The summed E-state index contributed by atoms with van der Waals surface area (Å²) in [7, 11) is 0. The molecule has 146 valence electrons. The summed E-state index contributed by atoms with van der Waals surface area (Å²) in [6.07, 6.45) is 6.70. The molecule has 3 fully saturated rings. The minimum atomic E-state index is -2.53. The van der Waals surface area contributed by atoms with Crippen molar-refractivity contribution in [3.63, 3.8) is 0 Å². The second-order valence-electron chi connectivity index (χ2n) is 8.07. The molecule has 1 aromatic rings. The van der Waals surface area contributed by atoms with Gasteiger partial charge in [0.05, 0.1) is 11.7 Å². The number of carboxylic acid groups (broad SMARTS) is 1. The van der Waals surface area contributed by atoms with Crippen molar-refractivity contribution >= 4 is 11.9 Å². The molecule has 1 aromatic heterocycles. The SMILES string of the molecule is CCC1CC1.Cc1c(CC2CC(F)(F)C2)nn(C2CCC2)c1NC(=O)O. The smallest absolute Gasteiger partial charge is 0.410 e. The topological polar surface area (TPSA) is 67.2 Å². The molecule has 0 spiro atoms. The Labute approximate surface area is 153 Å². The lowest BCUT2D eigenvalue weighted by atomic mass is 9.78. The lowest BCUT2D eigenvalue weighted by molar-refractivity contribution is -0.110. The molecule has 4 rings (SSSR count). The van der Waals surface area contributed by atoms with Gasteiger partial charge in [-0.2, -0.15) is 5.10 Å². The van der Waals surface area contributed by atoms with Gasteiger partial charge >= 0.3 is 6.09 Å². The average molecular weight is 369 g/mol. The van der Waals surface area contributed by atoms with Crippen molar-refractivity contribution < 1.29 is 18.7 Å². The first-order chi connectivity index (χ1) is 12.3. The van der Waals surface area contributed by atoms with Gasteiger partial charge in [0.1, 0.15) is 5.82 Å². The zero-order valence-electron chi connectivity index (χ0n) is 15.6. The Bertz CT molecular complexity index is 643. The fourth-order valence-corrected chi connectivity index (χ4v) is 3.63. The Balaban J connectivity index is 0.000000339. The third kappa shape index (κ3) is 4.54. The minimum absolute atomic E-state index is 0.0545. The molecule has 0 saturated heterocycles. The number of nitrogens with zero attached hydrogens (tertiary/aromatic N) is 2. The highest BCUT2D eigenvalue weighted by Gasteiger charge is 2.45. The summed E-state index contributed by atoms with van der Waals surface area (Å²) in [6, 6.07) is 0.224. The summed E-state index contributed by atoms with van der Waals surface area (Å²) in [5.41, 5.74) is 1.51. The highest BCUT2D eigenvalue weighted by molar-refractivity contribution is 5.82. The second-order valence-corrected chi connectivity index (χ2v) is 8.07. The number of alkyl halides is 2. The van der Waals surface area contributed by atoms with E-state index < -0.39 is 12.0 Å². The van der Waals surface area contributed by atoms with Gasteiger partial charge in [-0.1, -0.05) is 26.2 Å². The summed E-state index contributed by atoms with van der Waals surface area (Å²) >= 11 is 0. The van der Waals surface area contributed by atoms with Crippen LogP contribution in [0, 0.1) is 18.8 Å². The summed E-state index contributed by atoms with van der Waals surface area (Å²) in [6.45, 7) is 4.07. The van der Waals surface area contributed by atoms with Crippen LogP contribution in [0.5, 0.6) is 0 Å². The minimum Gasteiger partial charge on any atom is -0.465 e. The highest BCUT2D eigenvalue weighted by atomic mass is 19.3. The van der Waals surface area contributed by atoms with Crippen LogP contribution in [0.3, 0.4) is 0 Å². The van der Waals surface area contributed by atoms with E-state index in [-0.39, 0.29) is 24.8 Å². The van der Waals surface area contributed by atoms with E-state index in [0.29, 0.717) is 12.2 Å². The molecule has 3 aliphatic carbocycles. The standard InChI is InChI=1S/C14H19F2N3O2.C5H10/c1-8-11(5-9-6-14(15,16)7-9)18-19(10-3-2-4-10)12(8)17-13(20)21;1-2-5-3-4-5/h9-10,17H,2-7H2,1H3,(H,20,21);5H,2-4H2,1H3. The number of carbonyl (C=O) groups is 1. The first-order valence-electron chi connectivity index (χ1n) is 9.74. The molecule has 0 radical (unpaired) electrons. The Morgan fingerprint density at radius 2 is 1.92 bits per heavy atom. The number of rotatable bonds is 5. The van der Waals surface area contributed by atoms with Crippen LogP contribution < -0.4 is 5.32 Å². The van der Waals surface area contributed by atoms with Crippen LogP contribution >= 0.6 is 0 Å². The van der Waals surface area contributed by atoms with Gasteiger partial charge in [0.25, 0.3) is 0 Å². The van der Waals surface area contributed by atoms with Crippen LogP contribution in [0.1, 0.15) is 75.6 Å². The summed E-state index contributed by atoms with van der Waals surface area (Å²) in [5, 5.41) is 15.9. The van der Waals surface area contributed by atoms with E-state index in [1.54, 1.807) is 11.6 Å². The molecule has 0 atom stereocenters. The Morgan fingerprint density at radius 1 is 1.27 bits per heavy atom. The highest BCUT2D eigenvalue weighted by Crippen LogP contribution is 2.44. The fourth-order valence-electron chi connectivity index (χ4n) is 3.63. The van der Waals surface area contributed by atoms with Crippen LogP contribution in [0.25, 0.3) is 0 Å². The number of anilines is 1. The van der Waals surface area contributed by atoms with Crippen molar-refractivity contribution in [2.45, 2.75) is 83.6 Å². The van der Waals surface area contributed by atoms with Crippen LogP contribution in [-0.2, 0) is 6.42 Å². The molecule has 7 heteroatoms. The molecule has 26 heavy (non-hydrogen) atoms. The summed E-state index contributed by atoms with van der Waals surface area (Å²) in [5.74, 6) is -0.957. The molecule has 0 aliphatic heterocycles. The third-order valence-corrected chi connectivity index (χ3v) is 5.82. The lowest BCUT2D eigenvalue weighted by Crippen LogP contribution is -2.36. The predicted molar refractivity (Wildman–Crippen MR) is 95.9 cm³/mol. The Hall–Kier alpha value is -1.66. The lowest BCUT2D eigenvalue weighted by Gasteiger charge is -2.34. The van der Waals surface area contributed by atoms with Crippen LogP contribution in [-0.4, -0.2) is 26.9 Å². The van der Waals surface area contributed by atoms with E-state index in [9.17, 15) is 13.6 Å². The maximum absolute atomic E-state index is 12.9. The van der Waals surface area contributed by atoms with Gasteiger partial charge in [0, 0.05) is 18.4 Å². The van der Waals surface area contributed by atoms with E-state index in [4.69, 9.17) is 5.11 Å². The first kappa shape index (κ1) is 19.1. The maximum atomic E-state index is 12.9. The van der Waals surface area contributed by atoms with Gasteiger partial charge in [-0.25, -0.2) is 18.3 Å². The molecule has 3 saturated carbocycles. The van der Waals surface area contributed by atoms with E-state index in [0.717, 1.165) is 36.4 Å². The maximum Gasteiger partial charge on any atom is 0.410 e. The molecule has 1 amide bonds. The zero-order chi connectivity index (χ0) is 18.9. The Morgan fingerprint density at radius 3 is 2.31 bits per heavy atom. The van der Waals surface area contributed by atoms with Crippen LogP contribution in [0.4, 0.5) is 19.4 Å². The summed E-state index contributed by atoms with van der Waals surface area (Å²) < 4.78 is 27.6. The molecule has 1 heterocycles. The molecule has 0 bridgehead atoms. The molecule has 5 nitrogen and oxygen atoms in total. The van der Waals surface area contributed by atoms with E-state index in [1.807, 2.05) is 0 Å². The fraction of sp³-hybridized carbons (Fsp3) is 0.789.